The molecule has 0 unspecified atom stereocenters. The van der Waals surface area contributed by atoms with Gasteiger partial charge in [0.1, 0.15) is 0 Å². The Bertz CT molecular complexity index is 1490. The molecule has 0 saturated carbocycles. The first-order valence-corrected chi connectivity index (χ1v) is 14.2. The maximum atomic E-state index is 13.2. The molecule has 1 aliphatic heterocycles. The van der Waals surface area contributed by atoms with Crippen LogP contribution in [0.25, 0.3) is 11.3 Å². The highest BCUT2D eigenvalue weighted by Crippen LogP contribution is 2.28. The molecule has 2 heterocycles. The molecule has 0 atom stereocenters. The van der Waals surface area contributed by atoms with Crippen LogP contribution < -0.4 is 5.32 Å². The Hall–Kier alpha value is -3.33. The number of hydrogen-bond donors (Lipinski definition) is 1. The van der Waals surface area contributed by atoms with Gasteiger partial charge >= 0.3 is 0 Å². The van der Waals surface area contributed by atoms with Gasteiger partial charge in [0.25, 0.3) is 5.91 Å². The highest BCUT2D eigenvalue weighted by molar-refractivity contribution is 7.89. The molecule has 6 nitrogen and oxygen atoms in total. The minimum Gasteiger partial charge on any atom is -0.298 e. The Labute approximate surface area is 215 Å². The average Bonchev–Trinajstić information content (AvgIpc) is 3.37. The van der Waals surface area contributed by atoms with E-state index in [9.17, 15) is 13.2 Å². The van der Waals surface area contributed by atoms with Crippen molar-refractivity contribution in [1.82, 2.24) is 9.29 Å². The third kappa shape index (κ3) is 4.97. The summed E-state index contributed by atoms with van der Waals surface area (Å²) in [6.07, 6.45) is 0.688. The highest BCUT2D eigenvalue weighted by Gasteiger charge is 2.28. The zero-order chi connectivity index (χ0) is 25.3. The van der Waals surface area contributed by atoms with Gasteiger partial charge in [-0.15, -0.1) is 11.3 Å². The van der Waals surface area contributed by atoms with E-state index < -0.39 is 10.0 Å². The van der Waals surface area contributed by atoms with Crippen molar-refractivity contribution in [2.75, 3.05) is 11.9 Å². The first-order valence-electron chi connectivity index (χ1n) is 11.9. The van der Waals surface area contributed by atoms with Gasteiger partial charge in [0.05, 0.1) is 10.6 Å². The molecule has 1 amide bonds. The van der Waals surface area contributed by atoms with Crippen molar-refractivity contribution in [1.29, 1.82) is 0 Å². The van der Waals surface area contributed by atoms with Crippen LogP contribution in [0.5, 0.6) is 0 Å². The lowest BCUT2D eigenvalue weighted by Gasteiger charge is -2.28. The zero-order valence-corrected chi connectivity index (χ0v) is 21.8. The predicted molar refractivity (Wildman–Crippen MR) is 144 cm³/mol. The van der Waals surface area contributed by atoms with Crippen molar-refractivity contribution in [3.63, 3.8) is 0 Å². The fraction of sp³-hybridized carbons (Fsp3) is 0.214. The molecular weight excluding hydrogens is 490 g/mol. The Morgan fingerprint density at radius 1 is 0.972 bits per heavy atom. The van der Waals surface area contributed by atoms with E-state index in [1.807, 2.05) is 41.8 Å². The van der Waals surface area contributed by atoms with Crippen molar-refractivity contribution in [3.8, 4) is 11.3 Å². The van der Waals surface area contributed by atoms with E-state index >= 15 is 0 Å². The molecular formula is C28H27N3O3S2. The molecule has 0 aliphatic carbocycles. The first kappa shape index (κ1) is 24.4. The van der Waals surface area contributed by atoms with E-state index in [1.165, 1.54) is 38.9 Å². The summed E-state index contributed by atoms with van der Waals surface area (Å²) in [6.45, 7) is 5.10. The lowest BCUT2D eigenvalue weighted by atomic mass is 10.0. The number of rotatable bonds is 6. The lowest BCUT2D eigenvalue weighted by molar-refractivity contribution is 0.102. The van der Waals surface area contributed by atoms with Crippen molar-refractivity contribution < 1.29 is 13.2 Å². The van der Waals surface area contributed by atoms with Gasteiger partial charge in [0.2, 0.25) is 10.0 Å². The fourth-order valence-corrected chi connectivity index (χ4v) is 6.41. The number of amides is 1. The number of carbonyl (C=O) groups is 1. The molecule has 0 bridgehead atoms. The van der Waals surface area contributed by atoms with Crippen LogP contribution in [0.15, 0.2) is 83.1 Å². The second-order valence-corrected chi connectivity index (χ2v) is 11.9. The largest absolute Gasteiger partial charge is 0.298 e. The van der Waals surface area contributed by atoms with Gasteiger partial charge in [-0.1, -0.05) is 62.4 Å². The summed E-state index contributed by atoms with van der Waals surface area (Å²) in [6, 6.07) is 22.2. The summed E-state index contributed by atoms with van der Waals surface area (Å²) in [5.74, 6) is 0.129. The third-order valence-electron chi connectivity index (χ3n) is 6.45. The van der Waals surface area contributed by atoms with Crippen LogP contribution in [0.2, 0.25) is 0 Å². The summed E-state index contributed by atoms with van der Waals surface area (Å²) in [5.41, 5.74) is 5.64. The van der Waals surface area contributed by atoms with Crippen LogP contribution in [0.3, 0.4) is 0 Å². The highest BCUT2D eigenvalue weighted by atomic mass is 32.2. The molecule has 0 fully saturated rings. The fourth-order valence-electron chi connectivity index (χ4n) is 4.27. The number of fused-ring (bicyclic) bond motifs is 1. The second kappa shape index (κ2) is 9.97. The number of nitrogens with one attached hydrogen (secondary N) is 1. The number of thiazole rings is 1. The van der Waals surface area contributed by atoms with Crippen LogP contribution >= 0.6 is 11.3 Å². The van der Waals surface area contributed by atoms with Gasteiger partial charge in [-0.05, 0) is 53.3 Å². The molecule has 0 saturated heterocycles. The van der Waals surface area contributed by atoms with E-state index in [0.29, 0.717) is 36.1 Å². The number of carbonyl (C=O) groups excluding carboxylic acids is 1. The van der Waals surface area contributed by atoms with Gasteiger partial charge in [0, 0.05) is 29.6 Å². The number of nitrogens with zero attached hydrogens (tertiary/aromatic N) is 2. The standard InChI is InChI=1S/C28H27N3O3S2/c1-19(2)20-7-9-22(10-8-20)26-18-35-28(29-26)30-27(32)23-11-13-25(14-12-23)36(33,34)31-16-15-21-5-3-4-6-24(21)17-31/h3-14,18-19H,15-17H2,1-2H3,(H,29,30,32). The van der Waals surface area contributed by atoms with Gasteiger partial charge in [0.15, 0.2) is 5.13 Å². The van der Waals surface area contributed by atoms with Crippen molar-refractivity contribution >= 4 is 32.4 Å². The van der Waals surface area contributed by atoms with Crippen LogP contribution in [0.4, 0.5) is 5.13 Å². The minimum atomic E-state index is -3.65. The van der Waals surface area contributed by atoms with Crippen LogP contribution in [0, 0.1) is 0 Å². The van der Waals surface area contributed by atoms with E-state index in [4.69, 9.17) is 0 Å². The molecule has 1 N–H and O–H groups in total. The maximum Gasteiger partial charge on any atom is 0.257 e. The normalized spacial score (nSPS) is 14.0. The Balaban J connectivity index is 1.26. The predicted octanol–water partition coefficient (Wildman–Crippen LogP) is 5.93. The summed E-state index contributed by atoms with van der Waals surface area (Å²) >= 11 is 1.35. The van der Waals surface area contributed by atoms with Crippen molar-refractivity contribution in [2.24, 2.45) is 0 Å². The van der Waals surface area contributed by atoms with Gasteiger partial charge < -0.3 is 0 Å². The van der Waals surface area contributed by atoms with Crippen LogP contribution in [0.1, 0.15) is 46.8 Å². The van der Waals surface area contributed by atoms with Crippen LogP contribution in [-0.4, -0.2) is 30.2 Å². The maximum absolute atomic E-state index is 13.2. The Morgan fingerprint density at radius 2 is 1.67 bits per heavy atom. The van der Waals surface area contributed by atoms with Gasteiger partial charge in [-0.2, -0.15) is 4.31 Å². The van der Waals surface area contributed by atoms with E-state index in [0.717, 1.165) is 16.8 Å². The molecule has 3 aromatic carbocycles. The molecule has 184 valence electrons. The molecule has 8 heteroatoms. The van der Waals surface area contributed by atoms with Gasteiger partial charge in [-0.25, -0.2) is 13.4 Å². The quantitative estimate of drug-likeness (QED) is 0.344. The summed E-state index contributed by atoms with van der Waals surface area (Å²) < 4.78 is 27.9. The van der Waals surface area contributed by atoms with Gasteiger partial charge in [-0.3, -0.25) is 10.1 Å². The average molecular weight is 518 g/mol. The zero-order valence-electron chi connectivity index (χ0n) is 20.1. The number of sulfonamides is 1. The number of anilines is 1. The summed E-state index contributed by atoms with van der Waals surface area (Å²) in [5, 5.41) is 5.22. The third-order valence-corrected chi connectivity index (χ3v) is 9.06. The van der Waals surface area contributed by atoms with Crippen molar-refractivity contribution in [3.05, 3.63) is 100 Å². The molecule has 1 aromatic heterocycles. The van der Waals surface area contributed by atoms with E-state index in [-0.39, 0.29) is 10.8 Å². The smallest absolute Gasteiger partial charge is 0.257 e. The SMILES string of the molecule is CC(C)c1ccc(-c2csc(NC(=O)c3ccc(S(=O)(=O)N4CCc5ccccc5C4)cc3)n2)cc1. The summed E-state index contributed by atoms with van der Waals surface area (Å²) in [4.78, 5) is 17.5. The molecule has 36 heavy (non-hydrogen) atoms. The summed E-state index contributed by atoms with van der Waals surface area (Å²) in [7, 11) is -3.65. The molecule has 5 rings (SSSR count). The Kier molecular flexibility index (Phi) is 6.75. The topological polar surface area (TPSA) is 79.4 Å². The van der Waals surface area contributed by atoms with E-state index in [1.54, 1.807) is 12.1 Å². The second-order valence-electron chi connectivity index (χ2n) is 9.15. The van der Waals surface area contributed by atoms with Crippen LogP contribution in [-0.2, 0) is 23.0 Å². The Morgan fingerprint density at radius 3 is 2.36 bits per heavy atom. The minimum absolute atomic E-state index is 0.180. The molecule has 4 aromatic rings. The van der Waals surface area contributed by atoms with E-state index in [2.05, 4.69) is 36.3 Å². The monoisotopic (exact) mass is 517 g/mol. The molecule has 0 spiro atoms. The molecule has 1 aliphatic rings. The lowest BCUT2D eigenvalue weighted by Crippen LogP contribution is -2.35. The van der Waals surface area contributed by atoms with Crippen molar-refractivity contribution in [2.45, 2.75) is 37.6 Å². The molecule has 0 radical (unpaired) electrons. The number of hydrogen-bond acceptors (Lipinski definition) is 5. The number of aromatic nitrogens is 1. The number of benzene rings is 3. The first-order chi connectivity index (χ1) is 17.3.